The van der Waals surface area contributed by atoms with E-state index in [4.69, 9.17) is 10.5 Å². The maximum atomic E-state index is 6.52. The molecule has 0 spiro atoms. The van der Waals surface area contributed by atoms with Crippen LogP contribution in [-0.2, 0) is 0 Å². The molecule has 2 aromatic carbocycles. The first-order valence-electron chi connectivity index (χ1n) is 6.95. The van der Waals surface area contributed by atoms with Crippen LogP contribution in [-0.4, -0.2) is 12.1 Å². The molecular formula is C18H18N2O. The number of ether oxygens (including phenoxy) is 1. The van der Waals surface area contributed by atoms with Crippen molar-refractivity contribution < 1.29 is 4.74 Å². The Morgan fingerprint density at radius 2 is 1.71 bits per heavy atom. The molecule has 0 aliphatic carbocycles. The number of para-hydroxylation sites is 2. The van der Waals surface area contributed by atoms with Gasteiger partial charge in [0.1, 0.15) is 5.75 Å². The predicted octanol–water partition coefficient (Wildman–Crippen LogP) is 3.60. The van der Waals surface area contributed by atoms with Gasteiger partial charge in [-0.2, -0.15) is 0 Å². The molecule has 1 aromatic heterocycles. The largest absolute Gasteiger partial charge is 0.496 e. The Bertz CT molecular complexity index is 783. The lowest BCUT2D eigenvalue weighted by Crippen LogP contribution is -2.14. The molecule has 0 fully saturated rings. The van der Waals surface area contributed by atoms with E-state index in [0.717, 1.165) is 33.5 Å². The quantitative estimate of drug-likeness (QED) is 0.796. The second-order valence-corrected chi connectivity index (χ2v) is 5.09. The highest BCUT2D eigenvalue weighted by Gasteiger charge is 2.16. The van der Waals surface area contributed by atoms with Gasteiger partial charge < -0.3 is 10.5 Å². The van der Waals surface area contributed by atoms with Gasteiger partial charge in [0.25, 0.3) is 0 Å². The second kappa shape index (κ2) is 5.54. The summed E-state index contributed by atoms with van der Waals surface area (Å²) in [5.41, 5.74) is 10.5. The summed E-state index contributed by atoms with van der Waals surface area (Å²) in [5.74, 6) is 0.809. The molecule has 3 nitrogen and oxygen atoms in total. The fourth-order valence-electron chi connectivity index (χ4n) is 2.69. The highest BCUT2D eigenvalue weighted by molar-refractivity contribution is 5.83. The molecule has 0 bridgehead atoms. The van der Waals surface area contributed by atoms with Gasteiger partial charge in [-0.25, -0.2) is 0 Å². The lowest BCUT2D eigenvalue weighted by Gasteiger charge is -2.18. The van der Waals surface area contributed by atoms with Gasteiger partial charge in [0.15, 0.2) is 0 Å². The number of methoxy groups -OCH3 is 1. The minimum atomic E-state index is -0.243. The number of hydrogen-bond acceptors (Lipinski definition) is 3. The molecule has 3 aromatic rings. The summed E-state index contributed by atoms with van der Waals surface area (Å²) in [4.78, 5) is 4.57. The van der Waals surface area contributed by atoms with Crippen molar-refractivity contribution in [2.45, 2.75) is 13.0 Å². The molecule has 21 heavy (non-hydrogen) atoms. The molecule has 0 radical (unpaired) electrons. The summed E-state index contributed by atoms with van der Waals surface area (Å²) >= 11 is 0. The van der Waals surface area contributed by atoms with Gasteiger partial charge in [-0.15, -0.1) is 0 Å². The highest BCUT2D eigenvalue weighted by Crippen LogP contribution is 2.31. The normalized spacial score (nSPS) is 12.3. The lowest BCUT2D eigenvalue weighted by atomic mass is 9.95. The number of pyridine rings is 1. The second-order valence-electron chi connectivity index (χ2n) is 5.09. The monoisotopic (exact) mass is 278 g/mol. The summed E-state index contributed by atoms with van der Waals surface area (Å²) < 4.78 is 5.43. The third-order valence-corrected chi connectivity index (χ3v) is 3.69. The smallest absolute Gasteiger partial charge is 0.123 e. The number of nitrogens with two attached hydrogens (primary N) is 1. The van der Waals surface area contributed by atoms with Gasteiger partial charge in [0, 0.05) is 16.6 Å². The maximum Gasteiger partial charge on any atom is 0.123 e. The third kappa shape index (κ3) is 2.48. The molecule has 1 unspecified atom stereocenters. The molecule has 0 saturated carbocycles. The standard InChI is InChI=1S/C18H18N2O/c1-12-11-15(13-7-3-5-9-16(13)20-12)18(19)14-8-4-6-10-17(14)21-2/h3-11,18H,19H2,1-2H3. The first-order valence-corrected chi connectivity index (χ1v) is 6.95. The Morgan fingerprint density at radius 1 is 1.00 bits per heavy atom. The Labute approximate surface area is 124 Å². The van der Waals surface area contributed by atoms with Crippen molar-refractivity contribution in [2.75, 3.05) is 7.11 Å². The average Bonchev–Trinajstić information content (AvgIpc) is 2.53. The van der Waals surface area contributed by atoms with Gasteiger partial charge in [0.2, 0.25) is 0 Å². The van der Waals surface area contributed by atoms with Crippen LogP contribution in [0.1, 0.15) is 22.9 Å². The third-order valence-electron chi connectivity index (χ3n) is 3.69. The van der Waals surface area contributed by atoms with Gasteiger partial charge in [-0.1, -0.05) is 36.4 Å². The van der Waals surface area contributed by atoms with E-state index in [0.29, 0.717) is 0 Å². The molecule has 1 heterocycles. The van der Waals surface area contributed by atoms with Crippen molar-refractivity contribution in [3.8, 4) is 5.75 Å². The van der Waals surface area contributed by atoms with Crippen molar-refractivity contribution in [3.63, 3.8) is 0 Å². The van der Waals surface area contributed by atoms with Crippen LogP contribution in [0.3, 0.4) is 0 Å². The molecule has 3 heteroatoms. The van der Waals surface area contributed by atoms with E-state index in [-0.39, 0.29) is 6.04 Å². The summed E-state index contributed by atoms with van der Waals surface area (Å²) in [6.45, 7) is 1.99. The highest BCUT2D eigenvalue weighted by atomic mass is 16.5. The first kappa shape index (κ1) is 13.6. The summed E-state index contributed by atoms with van der Waals surface area (Å²) in [7, 11) is 1.67. The topological polar surface area (TPSA) is 48.1 Å². The number of rotatable bonds is 3. The van der Waals surface area contributed by atoms with Gasteiger partial charge >= 0.3 is 0 Å². The van der Waals surface area contributed by atoms with E-state index in [2.05, 4.69) is 17.1 Å². The molecule has 0 amide bonds. The lowest BCUT2D eigenvalue weighted by molar-refractivity contribution is 0.408. The zero-order chi connectivity index (χ0) is 14.8. The van der Waals surface area contributed by atoms with Crippen LogP contribution in [0.4, 0.5) is 0 Å². The number of aryl methyl sites for hydroxylation is 1. The van der Waals surface area contributed by atoms with E-state index in [9.17, 15) is 0 Å². The molecule has 2 N–H and O–H groups in total. The Kier molecular flexibility index (Phi) is 3.59. The molecule has 1 atom stereocenters. The van der Waals surface area contributed by atoms with E-state index in [1.807, 2.05) is 49.4 Å². The zero-order valence-electron chi connectivity index (χ0n) is 12.2. The van der Waals surface area contributed by atoms with Crippen LogP contribution in [0.2, 0.25) is 0 Å². The van der Waals surface area contributed by atoms with E-state index in [1.165, 1.54) is 0 Å². The SMILES string of the molecule is COc1ccccc1C(N)c1cc(C)nc2ccccc12. The number of hydrogen-bond donors (Lipinski definition) is 1. The molecule has 3 rings (SSSR count). The first-order chi connectivity index (χ1) is 10.2. The predicted molar refractivity (Wildman–Crippen MR) is 85.5 cm³/mol. The molecule has 0 saturated heterocycles. The Hall–Kier alpha value is -2.39. The Balaban J connectivity index is 2.20. The van der Waals surface area contributed by atoms with Crippen molar-refractivity contribution in [1.82, 2.24) is 4.98 Å². The number of fused-ring (bicyclic) bond motifs is 1. The maximum absolute atomic E-state index is 6.52. The zero-order valence-corrected chi connectivity index (χ0v) is 12.2. The van der Waals surface area contributed by atoms with Crippen molar-refractivity contribution >= 4 is 10.9 Å². The van der Waals surface area contributed by atoms with Crippen molar-refractivity contribution in [1.29, 1.82) is 0 Å². The fraction of sp³-hybridized carbons (Fsp3) is 0.167. The number of nitrogens with zero attached hydrogens (tertiary/aromatic N) is 1. The van der Waals surface area contributed by atoms with Gasteiger partial charge in [-0.3, -0.25) is 4.98 Å². The summed E-state index contributed by atoms with van der Waals surface area (Å²) in [6, 6.07) is 17.8. The number of benzene rings is 2. The van der Waals surface area contributed by atoms with Crippen molar-refractivity contribution in [3.05, 3.63) is 71.4 Å². The van der Waals surface area contributed by atoms with Crippen LogP contribution >= 0.6 is 0 Å². The average molecular weight is 278 g/mol. The molecular weight excluding hydrogens is 260 g/mol. The van der Waals surface area contributed by atoms with Crippen LogP contribution < -0.4 is 10.5 Å². The minimum absolute atomic E-state index is 0.243. The molecule has 0 aliphatic heterocycles. The van der Waals surface area contributed by atoms with E-state index >= 15 is 0 Å². The van der Waals surface area contributed by atoms with E-state index in [1.54, 1.807) is 7.11 Å². The molecule has 106 valence electrons. The number of aromatic nitrogens is 1. The van der Waals surface area contributed by atoms with Gasteiger partial charge in [0.05, 0.1) is 18.7 Å². The summed E-state index contributed by atoms with van der Waals surface area (Å²) in [5, 5.41) is 1.08. The Morgan fingerprint density at radius 3 is 2.52 bits per heavy atom. The summed E-state index contributed by atoms with van der Waals surface area (Å²) in [6.07, 6.45) is 0. The van der Waals surface area contributed by atoms with Crippen molar-refractivity contribution in [2.24, 2.45) is 5.73 Å². The minimum Gasteiger partial charge on any atom is -0.496 e. The van der Waals surface area contributed by atoms with Gasteiger partial charge in [-0.05, 0) is 30.7 Å². The van der Waals surface area contributed by atoms with E-state index < -0.39 is 0 Å². The van der Waals surface area contributed by atoms with Crippen LogP contribution in [0.15, 0.2) is 54.6 Å². The van der Waals surface area contributed by atoms with Crippen LogP contribution in [0.5, 0.6) is 5.75 Å². The molecule has 0 aliphatic rings. The van der Waals surface area contributed by atoms with Crippen LogP contribution in [0, 0.1) is 6.92 Å². The fourth-order valence-corrected chi connectivity index (χ4v) is 2.69. The van der Waals surface area contributed by atoms with Crippen LogP contribution in [0.25, 0.3) is 10.9 Å².